The second-order valence-electron chi connectivity index (χ2n) is 4.16. The van der Waals surface area contributed by atoms with Gasteiger partial charge in [0.2, 0.25) is 0 Å². The number of amides is 1. The van der Waals surface area contributed by atoms with E-state index in [1.807, 2.05) is 13.8 Å². The zero-order chi connectivity index (χ0) is 13.1. The highest BCUT2D eigenvalue weighted by Gasteiger charge is 2.24. The van der Waals surface area contributed by atoms with E-state index in [1.165, 1.54) is 18.2 Å². The molecule has 5 heteroatoms. The molecule has 0 aliphatic heterocycles. The van der Waals surface area contributed by atoms with Crippen LogP contribution < -0.4 is 5.32 Å². The van der Waals surface area contributed by atoms with Gasteiger partial charge in [-0.2, -0.15) is 0 Å². The fourth-order valence-electron chi connectivity index (χ4n) is 1.25. The molecule has 0 saturated heterocycles. The van der Waals surface area contributed by atoms with Crippen molar-refractivity contribution in [2.75, 3.05) is 5.88 Å². The molecule has 0 aliphatic carbocycles. The van der Waals surface area contributed by atoms with E-state index in [0.717, 1.165) is 0 Å². The van der Waals surface area contributed by atoms with Crippen LogP contribution in [-0.4, -0.2) is 22.4 Å². The lowest BCUT2D eigenvalue weighted by molar-refractivity contribution is 0.0909. The van der Waals surface area contributed by atoms with Gasteiger partial charge < -0.3 is 10.4 Å². The summed E-state index contributed by atoms with van der Waals surface area (Å²) in [4.78, 5) is 12.0. The van der Waals surface area contributed by atoms with E-state index < -0.39 is 5.54 Å². The molecular formula is C12H15Cl2NO2. The number of aromatic hydroxyl groups is 1. The summed E-state index contributed by atoms with van der Waals surface area (Å²) >= 11 is 11.6. The summed E-state index contributed by atoms with van der Waals surface area (Å²) in [6, 6.07) is 4.34. The van der Waals surface area contributed by atoms with Gasteiger partial charge in [-0.25, -0.2) is 0 Å². The molecule has 0 heterocycles. The van der Waals surface area contributed by atoms with Crippen molar-refractivity contribution in [3.63, 3.8) is 0 Å². The van der Waals surface area contributed by atoms with Crippen LogP contribution in [0.5, 0.6) is 5.75 Å². The molecule has 0 radical (unpaired) electrons. The number of carbonyl (C=O) groups is 1. The second-order valence-corrected chi connectivity index (χ2v) is 4.87. The van der Waals surface area contributed by atoms with Gasteiger partial charge in [0.15, 0.2) is 0 Å². The molecule has 0 spiro atoms. The maximum atomic E-state index is 12.0. The third-order valence-corrected chi connectivity index (χ3v) is 3.52. The maximum Gasteiger partial charge on any atom is 0.255 e. The number of alkyl halides is 1. The molecule has 2 N–H and O–H groups in total. The van der Waals surface area contributed by atoms with Crippen LogP contribution in [0.1, 0.15) is 30.6 Å². The van der Waals surface area contributed by atoms with Gasteiger partial charge in [0.1, 0.15) is 5.75 Å². The lowest BCUT2D eigenvalue weighted by Crippen LogP contribution is -2.47. The summed E-state index contributed by atoms with van der Waals surface area (Å²) in [6.07, 6.45) is 0.698. The van der Waals surface area contributed by atoms with E-state index in [1.54, 1.807) is 0 Å². The van der Waals surface area contributed by atoms with Gasteiger partial charge in [-0.1, -0.05) is 18.5 Å². The number of carbonyl (C=O) groups excluding carboxylic acids is 1. The van der Waals surface area contributed by atoms with E-state index in [9.17, 15) is 9.90 Å². The Bertz CT molecular complexity index is 417. The molecule has 17 heavy (non-hydrogen) atoms. The largest absolute Gasteiger partial charge is 0.507 e. The number of phenols is 1. The predicted molar refractivity (Wildman–Crippen MR) is 70.0 cm³/mol. The molecule has 0 aromatic heterocycles. The number of hydrogen-bond donors (Lipinski definition) is 2. The molecule has 94 valence electrons. The van der Waals surface area contributed by atoms with Crippen molar-refractivity contribution in [3.05, 3.63) is 28.8 Å². The Morgan fingerprint density at radius 3 is 2.71 bits per heavy atom. The fourth-order valence-corrected chi connectivity index (χ4v) is 1.68. The summed E-state index contributed by atoms with van der Waals surface area (Å²) in [5.41, 5.74) is -0.338. The van der Waals surface area contributed by atoms with Crippen LogP contribution in [0.15, 0.2) is 18.2 Å². The highest BCUT2D eigenvalue weighted by molar-refractivity contribution is 6.31. The van der Waals surface area contributed by atoms with Crippen LogP contribution in [0.25, 0.3) is 0 Å². The van der Waals surface area contributed by atoms with Crippen molar-refractivity contribution in [1.82, 2.24) is 5.32 Å². The smallest absolute Gasteiger partial charge is 0.255 e. The van der Waals surface area contributed by atoms with Crippen molar-refractivity contribution in [2.24, 2.45) is 0 Å². The molecule has 1 amide bonds. The Labute approximate surface area is 111 Å². The summed E-state index contributed by atoms with van der Waals surface area (Å²) in [6.45, 7) is 3.78. The van der Waals surface area contributed by atoms with Gasteiger partial charge in [-0.15, -0.1) is 11.6 Å². The molecule has 1 unspecified atom stereocenters. The predicted octanol–water partition coefficient (Wildman–Crippen LogP) is 3.18. The third-order valence-electron chi connectivity index (χ3n) is 2.69. The molecule has 0 bridgehead atoms. The van der Waals surface area contributed by atoms with Crippen molar-refractivity contribution in [2.45, 2.75) is 25.8 Å². The monoisotopic (exact) mass is 275 g/mol. The van der Waals surface area contributed by atoms with Crippen LogP contribution in [0, 0.1) is 0 Å². The highest BCUT2D eigenvalue weighted by atomic mass is 35.5. The number of nitrogens with one attached hydrogen (secondary N) is 1. The molecule has 1 aromatic rings. The number of halogens is 2. The van der Waals surface area contributed by atoms with Gasteiger partial charge in [0.05, 0.1) is 11.1 Å². The van der Waals surface area contributed by atoms with Crippen molar-refractivity contribution in [1.29, 1.82) is 0 Å². The highest BCUT2D eigenvalue weighted by Crippen LogP contribution is 2.22. The van der Waals surface area contributed by atoms with E-state index in [0.29, 0.717) is 17.3 Å². The van der Waals surface area contributed by atoms with Crippen LogP contribution in [0.2, 0.25) is 5.02 Å². The Morgan fingerprint density at radius 2 is 2.18 bits per heavy atom. The van der Waals surface area contributed by atoms with Crippen molar-refractivity contribution >= 4 is 29.1 Å². The molecule has 1 aromatic carbocycles. The standard InChI is InChI=1S/C12H15Cl2NO2/c1-3-12(2,7-13)15-11(17)9-6-8(14)4-5-10(9)16/h4-6,16H,3,7H2,1-2H3,(H,15,17). The number of benzene rings is 1. The molecule has 1 atom stereocenters. The molecule has 3 nitrogen and oxygen atoms in total. The van der Waals surface area contributed by atoms with Gasteiger partial charge in [0, 0.05) is 10.9 Å². The zero-order valence-corrected chi connectivity index (χ0v) is 11.3. The number of rotatable bonds is 4. The van der Waals surface area contributed by atoms with E-state index in [2.05, 4.69) is 5.32 Å². The molecule has 0 saturated carbocycles. The van der Waals surface area contributed by atoms with Crippen molar-refractivity contribution in [3.8, 4) is 5.75 Å². The number of hydrogen-bond acceptors (Lipinski definition) is 2. The number of phenolic OH excluding ortho intramolecular Hbond substituents is 1. The summed E-state index contributed by atoms with van der Waals surface area (Å²) in [5.74, 6) is -0.175. The average Bonchev–Trinajstić information content (AvgIpc) is 2.32. The van der Waals surface area contributed by atoms with Crippen LogP contribution >= 0.6 is 23.2 Å². The minimum Gasteiger partial charge on any atom is -0.507 e. The van der Waals surface area contributed by atoms with Gasteiger partial charge in [0.25, 0.3) is 5.91 Å². The SMILES string of the molecule is CCC(C)(CCl)NC(=O)c1cc(Cl)ccc1O. The van der Waals surface area contributed by atoms with E-state index in [4.69, 9.17) is 23.2 Å². The van der Waals surface area contributed by atoms with Gasteiger partial charge in [-0.05, 0) is 31.5 Å². The van der Waals surface area contributed by atoms with Crippen LogP contribution in [0.3, 0.4) is 0 Å². The van der Waals surface area contributed by atoms with Gasteiger partial charge in [-0.3, -0.25) is 4.79 Å². The normalized spacial score (nSPS) is 14.1. The minimum atomic E-state index is -0.493. The van der Waals surface area contributed by atoms with E-state index in [-0.39, 0.29) is 17.2 Å². The van der Waals surface area contributed by atoms with E-state index >= 15 is 0 Å². The fraction of sp³-hybridized carbons (Fsp3) is 0.417. The molecular weight excluding hydrogens is 261 g/mol. The van der Waals surface area contributed by atoms with Crippen LogP contribution in [0.4, 0.5) is 0 Å². The Hall–Kier alpha value is -0.930. The lowest BCUT2D eigenvalue weighted by atomic mass is 10.0. The Balaban J connectivity index is 2.94. The first-order chi connectivity index (χ1) is 7.91. The molecule has 1 rings (SSSR count). The molecule has 0 aliphatic rings. The van der Waals surface area contributed by atoms with Crippen LogP contribution in [-0.2, 0) is 0 Å². The van der Waals surface area contributed by atoms with Crippen molar-refractivity contribution < 1.29 is 9.90 Å². The molecule has 0 fully saturated rings. The first-order valence-electron chi connectivity index (χ1n) is 5.29. The Kier molecular flexibility index (Phi) is 4.66. The zero-order valence-electron chi connectivity index (χ0n) is 9.76. The summed E-state index contributed by atoms with van der Waals surface area (Å²) in [7, 11) is 0. The summed E-state index contributed by atoms with van der Waals surface area (Å²) in [5, 5.41) is 12.8. The minimum absolute atomic E-state index is 0.0973. The lowest BCUT2D eigenvalue weighted by Gasteiger charge is -2.27. The Morgan fingerprint density at radius 1 is 1.53 bits per heavy atom. The maximum absolute atomic E-state index is 12.0. The first kappa shape index (κ1) is 14.1. The second kappa shape index (κ2) is 5.61. The topological polar surface area (TPSA) is 49.3 Å². The summed E-state index contributed by atoms with van der Waals surface area (Å²) < 4.78 is 0. The average molecular weight is 276 g/mol. The van der Waals surface area contributed by atoms with Gasteiger partial charge >= 0.3 is 0 Å². The quantitative estimate of drug-likeness (QED) is 0.830. The third kappa shape index (κ3) is 3.51. The first-order valence-corrected chi connectivity index (χ1v) is 6.20.